The Labute approximate surface area is 145 Å². The van der Waals surface area contributed by atoms with E-state index in [0.717, 1.165) is 18.5 Å². The quantitative estimate of drug-likeness (QED) is 0.529. The van der Waals surface area contributed by atoms with E-state index in [2.05, 4.69) is 68.7 Å². The SMILES string of the molecule is CCCCCc1nc2ccccc2n1Cc1c(C)cc(C)cc1C. The van der Waals surface area contributed by atoms with Gasteiger partial charge in [0, 0.05) is 13.0 Å². The van der Waals surface area contributed by atoms with Gasteiger partial charge in [-0.15, -0.1) is 0 Å². The highest BCUT2D eigenvalue weighted by Gasteiger charge is 2.13. The first-order valence-corrected chi connectivity index (χ1v) is 9.11. The number of hydrogen-bond acceptors (Lipinski definition) is 1. The van der Waals surface area contributed by atoms with E-state index in [9.17, 15) is 0 Å². The topological polar surface area (TPSA) is 17.8 Å². The molecule has 0 bridgehead atoms. The van der Waals surface area contributed by atoms with Crippen LogP contribution in [-0.2, 0) is 13.0 Å². The minimum absolute atomic E-state index is 0.917. The third kappa shape index (κ3) is 3.38. The molecule has 0 saturated carbocycles. The van der Waals surface area contributed by atoms with Crippen molar-refractivity contribution in [3.8, 4) is 0 Å². The van der Waals surface area contributed by atoms with Crippen LogP contribution in [0.2, 0.25) is 0 Å². The van der Waals surface area contributed by atoms with Crippen LogP contribution in [0.3, 0.4) is 0 Å². The van der Waals surface area contributed by atoms with Crippen LogP contribution in [0.1, 0.15) is 54.3 Å². The summed E-state index contributed by atoms with van der Waals surface area (Å²) in [6.45, 7) is 9.80. The fraction of sp³-hybridized carbons (Fsp3) is 0.409. The fourth-order valence-corrected chi connectivity index (χ4v) is 3.64. The number of rotatable bonds is 6. The standard InChI is InChI=1S/C22H28N2/c1-5-6-7-12-22-23-20-10-8-9-11-21(20)24(22)15-19-17(3)13-16(2)14-18(19)4/h8-11,13-14H,5-7,12,15H2,1-4H3. The zero-order chi connectivity index (χ0) is 17.1. The monoisotopic (exact) mass is 320 g/mol. The second-order valence-electron chi connectivity index (χ2n) is 6.94. The minimum atomic E-state index is 0.917. The van der Waals surface area contributed by atoms with E-state index in [-0.39, 0.29) is 0 Å². The molecule has 0 N–H and O–H groups in total. The van der Waals surface area contributed by atoms with Gasteiger partial charge in [-0.25, -0.2) is 4.98 Å². The second-order valence-corrected chi connectivity index (χ2v) is 6.94. The van der Waals surface area contributed by atoms with E-state index in [1.54, 1.807) is 0 Å². The third-order valence-corrected chi connectivity index (χ3v) is 4.89. The molecule has 2 heteroatoms. The molecule has 0 aliphatic rings. The molecule has 3 aromatic rings. The van der Waals surface area contributed by atoms with Crippen molar-refractivity contribution in [3.05, 3.63) is 64.5 Å². The molecule has 2 aromatic carbocycles. The molecular formula is C22H28N2. The molecule has 0 unspecified atom stereocenters. The Morgan fingerprint density at radius 1 is 0.958 bits per heavy atom. The molecule has 0 fully saturated rings. The number of para-hydroxylation sites is 2. The summed E-state index contributed by atoms with van der Waals surface area (Å²) in [5.74, 6) is 1.23. The second kappa shape index (κ2) is 7.21. The van der Waals surface area contributed by atoms with E-state index >= 15 is 0 Å². The van der Waals surface area contributed by atoms with Gasteiger partial charge in [0.05, 0.1) is 11.0 Å². The van der Waals surface area contributed by atoms with Gasteiger partial charge in [0.2, 0.25) is 0 Å². The smallest absolute Gasteiger partial charge is 0.110 e. The molecule has 0 atom stereocenters. The van der Waals surface area contributed by atoms with Gasteiger partial charge < -0.3 is 4.57 Å². The Bertz CT molecular complexity index is 819. The Kier molecular flexibility index (Phi) is 5.03. The van der Waals surface area contributed by atoms with Gasteiger partial charge >= 0.3 is 0 Å². The maximum Gasteiger partial charge on any atom is 0.110 e. The van der Waals surface area contributed by atoms with Crippen LogP contribution >= 0.6 is 0 Å². The van der Waals surface area contributed by atoms with E-state index in [1.165, 1.54) is 52.9 Å². The Morgan fingerprint density at radius 2 is 1.67 bits per heavy atom. The van der Waals surface area contributed by atoms with Crippen molar-refractivity contribution in [2.75, 3.05) is 0 Å². The van der Waals surface area contributed by atoms with Gasteiger partial charge in [-0.05, 0) is 56.0 Å². The van der Waals surface area contributed by atoms with Gasteiger partial charge in [0.15, 0.2) is 0 Å². The first-order chi connectivity index (χ1) is 11.6. The zero-order valence-corrected chi connectivity index (χ0v) is 15.4. The number of nitrogens with zero attached hydrogens (tertiary/aromatic N) is 2. The number of imidazole rings is 1. The third-order valence-electron chi connectivity index (χ3n) is 4.89. The van der Waals surface area contributed by atoms with Crippen LogP contribution in [0.5, 0.6) is 0 Å². The summed E-state index contributed by atoms with van der Waals surface area (Å²) in [6, 6.07) is 13.1. The summed E-state index contributed by atoms with van der Waals surface area (Å²) in [4.78, 5) is 4.92. The summed E-state index contributed by atoms with van der Waals surface area (Å²) in [6.07, 6.45) is 4.79. The molecule has 3 rings (SSSR count). The maximum absolute atomic E-state index is 4.92. The number of unbranched alkanes of at least 4 members (excludes halogenated alkanes) is 2. The predicted octanol–water partition coefficient (Wildman–Crippen LogP) is 5.74. The van der Waals surface area contributed by atoms with Crippen molar-refractivity contribution in [1.29, 1.82) is 0 Å². The summed E-state index contributed by atoms with van der Waals surface area (Å²) in [7, 11) is 0. The zero-order valence-electron chi connectivity index (χ0n) is 15.4. The van der Waals surface area contributed by atoms with Crippen molar-refractivity contribution in [3.63, 3.8) is 0 Å². The lowest BCUT2D eigenvalue weighted by Gasteiger charge is -2.15. The molecule has 126 valence electrons. The highest BCUT2D eigenvalue weighted by atomic mass is 15.1. The molecule has 24 heavy (non-hydrogen) atoms. The molecule has 1 heterocycles. The molecule has 1 aromatic heterocycles. The van der Waals surface area contributed by atoms with E-state index in [4.69, 9.17) is 4.98 Å². The molecule has 0 aliphatic heterocycles. The van der Waals surface area contributed by atoms with Crippen molar-refractivity contribution in [2.24, 2.45) is 0 Å². The van der Waals surface area contributed by atoms with Gasteiger partial charge in [-0.2, -0.15) is 0 Å². The fourth-order valence-electron chi connectivity index (χ4n) is 3.64. The summed E-state index contributed by atoms with van der Waals surface area (Å²) in [5.41, 5.74) is 7.90. The number of benzene rings is 2. The number of aryl methyl sites for hydroxylation is 4. The largest absolute Gasteiger partial charge is 0.323 e. The highest BCUT2D eigenvalue weighted by molar-refractivity contribution is 5.76. The molecule has 0 aliphatic carbocycles. The Hall–Kier alpha value is -2.09. The summed E-state index contributed by atoms with van der Waals surface area (Å²) >= 11 is 0. The van der Waals surface area contributed by atoms with Crippen LogP contribution in [0.4, 0.5) is 0 Å². The molecule has 2 nitrogen and oxygen atoms in total. The van der Waals surface area contributed by atoms with E-state index in [0.29, 0.717) is 0 Å². The molecule has 0 amide bonds. The average molecular weight is 320 g/mol. The first-order valence-electron chi connectivity index (χ1n) is 9.11. The summed E-state index contributed by atoms with van der Waals surface area (Å²) < 4.78 is 2.43. The van der Waals surface area contributed by atoms with Gasteiger partial charge in [-0.3, -0.25) is 0 Å². The lowest BCUT2D eigenvalue weighted by atomic mass is 9.99. The van der Waals surface area contributed by atoms with Crippen LogP contribution in [0.25, 0.3) is 11.0 Å². The summed E-state index contributed by atoms with van der Waals surface area (Å²) in [5, 5.41) is 0. The van der Waals surface area contributed by atoms with E-state index in [1.807, 2.05) is 0 Å². The van der Waals surface area contributed by atoms with Crippen LogP contribution < -0.4 is 0 Å². The predicted molar refractivity (Wildman–Crippen MR) is 103 cm³/mol. The van der Waals surface area contributed by atoms with E-state index < -0.39 is 0 Å². The first kappa shape index (κ1) is 16.8. The average Bonchev–Trinajstić information content (AvgIpc) is 2.88. The van der Waals surface area contributed by atoms with Gasteiger partial charge in [0.25, 0.3) is 0 Å². The minimum Gasteiger partial charge on any atom is -0.323 e. The molecule has 0 spiro atoms. The molecule has 0 radical (unpaired) electrons. The molecular weight excluding hydrogens is 292 g/mol. The normalized spacial score (nSPS) is 11.3. The van der Waals surface area contributed by atoms with Crippen LogP contribution in [0.15, 0.2) is 36.4 Å². The van der Waals surface area contributed by atoms with Crippen LogP contribution in [0, 0.1) is 20.8 Å². The number of hydrogen-bond donors (Lipinski definition) is 0. The van der Waals surface area contributed by atoms with Crippen molar-refractivity contribution in [1.82, 2.24) is 9.55 Å². The Balaban J connectivity index is 2.02. The maximum atomic E-state index is 4.92. The van der Waals surface area contributed by atoms with Crippen molar-refractivity contribution >= 4 is 11.0 Å². The number of fused-ring (bicyclic) bond motifs is 1. The highest BCUT2D eigenvalue weighted by Crippen LogP contribution is 2.23. The Morgan fingerprint density at radius 3 is 2.38 bits per heavy atom. The van der Waals surface area contributed by atoms with Gasteiger partial charge in [-0.1, -0.05) is 49.6 Å². The number of aromatic nitrogens is 2. The lowest BCUT2D eigenvalue weighted by molar-refractivity contribution is 0.657. The van der Waals surface area contributed by atoms with Crippen LogP contribution in [-0.4, -0.2) is 9.55 Å². The molecule has 0 saturated heterocycles. The van der Waals surface area contributed by atoms with Crippen molar-refractivity contribution < 1.29 is 0 Å². The van der Waals surface area contributed by atoms with Crippen molar-refractivity contribution in [2.45, 2.75) is 59.9 Å². The van der Waals surface area contributed by atoms with Gasteiger partial charge in [0.1, 0.15) is 5.82 Å². The lowest BCUT2D eigenvalue weighted by Crippen LogP contribution is -2.08.